The van der Waals surface area contributed by atoms with Crippen molar-refractivity contribution in [3.8, 4) is 0 Å². The number of aryl methyl sites for hydroxylation is 1. The number of nitrogens with zero attached hydrogens (tertiary/aromatic N) is 1. The molecular weight excluding hydrogens is 292 g/mol. The van der Waals surface area contributed by atoms with Crippen molar-refractivity contribution in [2.45, 2.75) is 32.2 Å². The monoisotopic (exact) mass is 318 g/mol. The summed E-state index contributed by atoms with van der Waals surface area (Å²) in [5.74, 6) is 2.95. The van der Waals surface area contributed by atoms with Crippen LogP contribution in [0.5, 0.6) is 0 Å². The van der Waals surface area contributed by atoms with Gasteiger partial charge in [0.15, 0.2) is 0 Å². The van der Waals surface area contributed by atoms with E-state index in [1.165, 1.54) is 11.1 Å². The molecule has 1 aliphatic carbocycles. The third kappa shape index (κ3) is 3.18. The summed E-state index contributed by atoms with van der Waals surface area (Å²) < 4.78 is 0. The largest absolute Gasteiger partial charge is 0.334 e. The molecule has 1 heterocycles. The first-order chi connectivity index (χ1) is 10.7. The summed E-state index contributed by atoms with van der Waals surface area (Å²) in [5.41, 5.74) is 8.42. The van der Waals surface area contributed by atoms with Crippen molar-refractivity contribution in [1.29, 1.82) is 0 Å². The Bertz CT molecular complexity index is 516. The van der Waals surface area contributed by atoms with E-state index < -0.39 is 0 Å². The first-order valence-electron chi connectivity index (χ1n) is 8.35. The van der Waals surface area contributed by atoms with Crippen LogP contribution in [0.2, 0.25) is 0 Å². The highest BCUT2D eigenvalue weighted by Crippen LogP contribution is 2.37. The van der Waals surface area contributed by atoms with Crippen molar-refractivity contribution in [2.24, 2.45) is 17.6 Å². The highest BCUT2D eigenvalue weighted by Gasteiger charge is 2.38. The maximum atomic E-state index is 13.1. The Kier molecular flexibility index (Phi) is 5.09. The first kappa shape index (κ1) is 15.9. The fourth-order valence-corrected chi connectivity index (χ4v) is 4.88. The van der Waals surface area contributed by atoms with Gasteiger partial charge in [0, 0.05) is 24.0 Å². The van der Waals surface area contributed by atoms with Gasteiger partial charge in [0.05, 0.1) is 6.04 Å². The first-order valence-corrected chi connectivity index (χ1v) is 9.51. The summed E-state index contributed by atoms with van der Waals surface area (Å²) in [4.78, 5) is 15.2. The average Bonchev–Trinajstić information content (AvgIpc) is 3.03. The number of hydrogen-bond donors (Lipinski definition) is 1. The van der Waals surface area contributed by atoms with Crippen LogP contribution in [-0.2, 0) is 4.79 Å². The number of carbonyl (C=O) groups excluding carboxylic acids is 1. The van der Waals surface area contributed by atoms with E-state index in [0.717, 1.165) is 37.3 Å². The van der Waals surface area contributed by atoms with E-state index in [-0.39, 0.29) is 12.0 Å². The van der Waals surface area contributed by atoms with Gasteiger partial charge >= 0.3 is 0 Å². The lowest BCUT2D eigenvalue weighted by Gasteiger charge is -2.38. The summed E-state index contributed by atoms with van der Waals surface area (Å²) in [5, 5.41) is 0. The summed E-state index contributed by atoms with van der Waals surface area (Å²) in [6.45, 7) is 3.62. The second kappa shape index (κ2) is 7.05. The fourth-order valence-electron chi connectivity index (χ4n) is 3.79. The number of amides is 1. The van der Waals surface area contributed by atoms with E-state index >= 15 is 0 Å². The van der Waals surface area contributed by atoms with Gasteiger partial charge in [0.25, 0.3) is 0 Å². The Morgan fingerprint density at radius 3 is 2.82 bits per heavy atom. The lowest BCUT2D eigenvalue weighted by Crippen LogP contribution is -2.45. The standard InChI is InChI=1S/C18H26N2OS/c1-13-5-7-14(8-6-13)17-12-22-10-9-20(17)18(21)16-4-2-3-15(16)11-19/h5-8,15-17H,2-4,9-12,19H2,1H3/t15-,16-,17?/m1/s1. The van der Waals surface area contributed by atoms with Crippen molar-refractivity contribution in [3.63, 3.8) is 0 Å². The minimum absolute atomic E-state index is 0.154. The molecule has 120 valence electrons. The van der Waals surface area contributed by atoms with Crippen LogP contribution in [0, 0.1) is 18.8 Å². The van der Waals surface area contributed by atoms with Gasteiger partial charge in [-0.15, -0.1) is 0 Å². The molecule has 1 aromatic rings. The van der Waals surface area contributed by atoms with Crippen LogP contribution in [0.15, 0.2) is 24.3 Å². The van der Waals surface area contributed by atoms with Crippen LogP contribution in [0.25, 0.3) is 0 Å². The molecule has 3 nitrogen and oxygen atoms in total. The van der Waals surface area contributed by atoms with Gasteiger partial charge in [-0.25, -0.2) is 0 Å². The molecule has 1 unspecified atom stereocenters. The van der Waals surface area contributed by atoms with E-state index in [9.17, 15) is 4.79 Å². The minimum atomic E-state index is 0.154. The molecule has 0 aromatic heterocycles. The average molecular weight is 318 g/mol. The van der Waals surface area contributed by atoms with Crippen molar-refractivity contribution < 1.29 is 4.79 Å². The molecule has 1 aliphatic heterocycles. The van der Waals surface area contributed by atoms with Gasteiger partial charge in [-0.2, -0.15) is 11.8 Å². The third-order valence-corrected chi connectivity index (χ3v) is 6.18. The number of rotatable bonds is 3. The topological polar surface area (TPSA) is 46.3 Å². The zero-order valence-electron chi connectivity index (χ0n) is 13.3. The summed E-state index contributed by atoms with van der Waals surface area (Å²) in [6.07, 6.45) is 3.28. The SMILES string of the molecule is Cc1ccc(C2CSCCN2C(=O)[C@@H]2CCC[C@@H]2CN)cc1. The van der Waals surface area contributed by atoms with Crippen molar-refractivity contribution in [1.82, 2.24) is 4.90 Å². The normalized spacial score (nSPS) is 28.8. The molecule has 0 spiro atoms. The summed E-state index contributed by atoms with van der Waals surface area (Å²) in [7, 11) is 0. The zero-order valence-corrected chi connectivity index (χ0v) is 14.1. The predicted octanol–water partition coefficient (Wildman–Crippen LogP) is 2.99. The second-order valence-corrected chi connectivity index (χ2v) is 7.72. The van der Waals surface area contributed by atoms with Crippen molar-refractivity contribution in [3.05, 3.63) is 35.4 Å². The van der Waals surface area contributed by atoms with Gasteiger partial charge in [-0.1, -0.05) is 36.2 Å². The van der Waals surface area contributed by atoms with Crippen LogP contribution in [0.4, 0.5) is 0 Å². The molecule has 3 atom stereocenters. The highest BCUT2D eigenvalue weighted by molar-refractivity contribution is 7.99. The van der Waals surface area contributed by atoms with E-state index in [4.69, 9.17) is 5.73 Å². The minimum Gasteiger partial charge on any atom is -0.334 e. The van der Waals surface area contributed by atoms with Crippen molar-refractivity contribution >= 4 is 17.7 Å². The molecule has 1 amide bonds. The number of thioether (sulfide) groups is 1. The maximum Gasteiger partial charge on any atom is 0.226 e. The maximum absolute atomic E-state index is 13.1. The Morgan fingerprint density at radius 1 is 1.32 bits per heavy atom. The molecule has 3 rings (SSSR count). The van der Waals surface area contributed by atoms with E-state index in [0.29, 0.717) is 18.4 Å². The molecule has 2 N–H and O–H groups in total. The number of carbonyl (C=O) groups is 1. The Balaban J connectivity index is 1.80. The van der Waals surface area contributed by atoms with Gasteiger partial charge in [0.2, 0.25) is 5.91 Å². The van der Waals surface area contributed by atoms with Crippen LogP contribution in [-0.4, -0.2) is 35.4 Å². The number of hydrogen-bond acceptors (Lipinski definition) is 3. The molecule has 2 fully saturated rings. The van der Waals surface area contributed by atoms with Gasteiger partial charge in [-0.05, 0) is 37.8 Å². The fraction of sp³-hybridized carbons (Fsp3) is 0.611. The molecule has 2 aliphatic rings. The van der Waals surface area contributed by atoms with Crippen LogP contribution in [0.1, 0.15) is 36.4 Å². The molecule has 4 heteroatoms. The third-order valence-electron chi connectivity index (χ3n) is 5.15. The number of benzene rings is 1. The lowest BCUT2D eigenvalue weighted by molar-refractivity contribution is -0.138. The van der Waals surface area contributed by atoms with Crippen LogP contribution >= 0.6 is 11.8 Å². The predicted molar refractivity (Wildman–Crippen MR) is 92.8 cm³/mol. The van der Waals surface area contributed by atoms with Crippen molar-refractivity contribution in [2.75, 3.05) is 24.6 Å². The zero-order chi connectivity index (χ0) is 15.5. The molecule has 1 saturated heterocycles. The van der Waals surface area contributed by atoms with Gasteiger partial charge in [-0.3, -0.25) is 4.79 Å². The molecule has 1 saturated carbocycles. The van der Waals surface area contributed by atoms with E-state index in [1.807, 2.05) is 11.8 Å². The Labute approximate surface area is 137 Å². The van der Waals surface area contributed by atoms with E-state index in [1.54, 1.807) is 0 Å². The van der Waals surface area contributed by atoms with Crippen LogP contribution in [0.3, 0.4) is 0 Å². The molecule has 0 radical (unpaired) electrons. The van der Waals surface area contributed by atoms with E-state index in [2.05, 4.69) is 36.1 Å². The molecule has 0 bridgehead atoms. The summed E-state index contributed by atoms with van der Waals surface area (Å²) in [6, 6.07) is 8.89. The molecule has 22 heavy (non-hydrogen) atoms. The molecule has 1 aromatic carbocycles. The Morgan fingerprint density at radius 2 is 2.09 bits per heavy atom. The number of nitrogens with two attached hydrogens (primary N) is 1. The Hall–Kier alpha value is -1.00. The van der Waals surface area contributed by atoms with Gasteiger partial charge < -0.3 is 10.6 Å². The molecular formula is C18H26N2OS. The quantitative estimate of drug-likeness (QED) is 0.932. The van der Waals surface area contributed by atoms with Crippen LogP contribution < -0.4 is 5.73 Å². The second-order valence-electron chi connectivity index (χ2n) is 6.57. The lowest BCUT2D eigenvalue weighted by atomic mass is 9.93. The van der Waals surface area contributed by atoms with Gasteiger partial charge in [0.1, 0.15) is 0 Å². The summed E-state index contributed by atoms with van der Waals surface area (Å²) >= 11 is 1.95. The highest BCUT2D eigenvalue weighted by atomic mass is 32.2. The smallest absolute Gasteiger partial charge is 0.226 e.